The molecular formula is C19H20O3. The highest BCUT2D eigenvalue weighted by Crippen LogP contribution is 2.22. The summed E-state index contributed by atoms with van der Waals surface area (Å²) in [4.78, 5) is 10.8. The van der Waals surface area contributed by atoms with E-state index in [1.54, 1.807) is 0 Å². The van der Waals surface area contributed by atoms with Crippen molar-refractivity contribution < 1.29 is 14.3 Å². The fourth-order valence-corrected chi connectivity index (χ4v) is 2.00. The Morgan fingerprint density at radius 3 is 2.23 bits per heavy atom. The van der Waals surface area contributed by atoms with E-state index in [9.17, 15) is 4.79 Å². The number of unbranched alkanes of at least 4 members (excludes halogenated alkanes) is 1. The molecule has 0 N–H and O–H groups in total. The van der Waals surface area contributed by atoms with Crippen molar-refractivity contribution in [1.82, 2.24) is 0 Å². The number of carbonyl (C=O) groups excluding carboxylic acids is 1. The molecule has 0 amide bonds. The van der Waals surface area contributed by atoms with E-state index in [1.807, 2.05) is 30.3 Å². The van der Waals surface area contributed by atoms with Crippen LogP contribution in [0.15, 0.2) is 67.3 Å². The molecule has 3 nitrogen and oxygen atoms in total. The lowest BCUT2D eigenvalue weighted by Crippen LogP contribution is -2.04. The van der Waals surface area contributed by atoms with Crippen LogP contribution in [0.1, 0.15) is 12.8 Å². The molecule has 2 aromatic carbocycles. The molecule has 0 aliphatic carbocycles. The van der Waals surface area contributed by atoms with Gasteiger partial charge >= 0.3 is 5.97 Å². The van der Waals surface area contributed by atoms with Gasteiger partial charge in [0.2, 0.25) is 0 Å². The summed E-state index contributed by atoms with van der Waals surface area (Å²) in [6.07, 6.45) is 2.79. The molecule has 0 unspecified atom stereocenters. The minimum atomic E-state index is -0.377. The third-order valence-corrected chi connectivity index (χ3v) is 3.18. The first-order chi connectivity index (χ1) is 10.8. The minimum absolute atomic E-state index is 0.377. The molecule has 0 fully saturated rings. The minimum Gasteiger partial charge on any atom is -0.494 e. The maximum Gasteiger partial charge on any atom is 0.330 e. The van der Waals surface area contributed by atoms with Crippen LogP contribution in [0.2, 0.25) is 0 Å². The van der Waals surface area contributed by atoms with Gasteiger partial charge in [-0.3, -0.25) is 0 Å². The van der Waals surface area contributed by atoms with Gasteiger partial charge in [0.1, 0.15) is 5.75 Å². The summed E-state index contributed by atoms with van der Waals surface area (Å²) in [5.74, 6) is 0.472. The smallest absolute Gasteiger partial charge is 0.330 e. The Hall–Kier alpha value is -2.55. The second kappa shape index (κ2) is 8.67. The van der Waals surface area contributed by atoms with Gasteiger partial charge in [0.05, 0.1) is 13.2 Å². The van der Waals surface area contributed by atoms with E-state index in [0.717, 1.165) is 18.6 Å². The Bertz CT molecular complexity index is 588. The summed E-state index contributed by atoms with van der Waals surface area (Å²) < 4.78 is 10.6. The lowest BCUT2D eigenvalue weighted by molar-refractivity contribution is -0.137. The molecule has 0 aliphatic rings. The van der Waals surface area contributed by atoms with E-state index in [-0.39, 0.29) is 5.97 Å². The van der Waals surface area contributed by atoms with Crippen molar-refractivity contribution in [2.24, 2.45) is 0 Å². The second-order valence-corrected chi connectivity index (χ2v) is 4.82. The van der Waals surface area contributed by atoms with Crippen LogP contribution in [0.4, 0.5) is 0 Å². The number of hydrogen-bond acceptors (Lipinski definition) is 3. The Kier molecular flexibility index (Phi) is 6.24. The zero-order valence-electron chi connectivity index (χ0n) is 12.5. The SMILES string of the molecule is C=CC(=O)OCCCCOc1ccc(-c2ccccc2)cc1. The van der Waals surface area contributed by atoms with E-state index in [2.05, 4.69) is 30.8 Å². The van der Waals surface area contributed by atoms with Crippen LogP contribution in [-0.2, 0) is 9.53 Å². The third-order valence-electron chi connectivity index (χ3n) is 3.18. The van der Waals surface area contributed by atoms with Crippen molar-refractivity contribution in [2.45, 2.75) is 12.8 Å². The first kappa shape index (κ1) is 15.8. The van der Waals surface area contributed by atoms with Gasteiger partial charge in [-0.2, -0.15) is 0 Å². The molecule has 0 bridgehead atoms. The van der Waals surface area contributed by atoms with Gasteiger partial charge in [-0.1, -0.05) is 49.0 Å². The van der Waals surface area contributed by atoms with E-state index in [0.29, 0.717) is 13.2 Å². The number of benzene rings is 2. The quantitative estimate of drug-likeness (QED) is 0.415. The molecule has 2 rings (SSSR count). The Balaban J connectivity index is 1.71. The van der Waals surface area contributed by atoms with E-state index in [1.165, 1.54) is 17.2 Å². The fourth-order valence-electron chi connectivity index (χ4n) is 2.00. The molecule has 0 atom stereocenters. The summed E-state index contributed by atoms with van der Waals surface area (Å²) in [6, 6.07) is 18.3. The van der Waals surface area contributed by atoms with Gasteiger partial charge in [0.25, 0.3) is 0 Å². The highest BCUT2D eigenvalue weighted by Gasteiger charge is 1.99. The summed E-state index contributed by atoms with van der Waals surface area (Å²) >= 11 is 0. The number of hydrogen-bond donors (Lipinski definition) is 0. The molecular weight excluding hydrogens is 276 g/mol. The molecule has 0 saturated heterocycles. The van der Waals surface area contributed by atoms with Crippen molar-refractivity contribution in [3.05, 3.63) is 67.3 Å². The van der Waals surface area contributed by atoms with E-state index >= 15 is 0 Å². The predicted molar refractivity (Wildman–Crippen MR) is 87.8 cm³/mol. The molecule has 0 aromatic heterocycles. The topological polar surface area (TPSA) is 35.5 Å². The second-order valence-electron chi connectivity index (χ2n) is 4.82. The number of esters is 1. The molecule has 0 heterocycles. The zero-order valence-corrected chi connectivity index (χ0v) is 12.5. The largest absolute Gasteiger partial charge is 0.494 e. The van der Waals surface area contributed by atoms with Crippen molar-refractivity contribution in [3.63, 3.8) is 0 Å². The summed E-state index contributed by atoms with van der Waals surface area (Å²) in [5, 5.41) is 0. The molecule has 3 heteroatoms. The first-order valence-corrected chi connectivity index (χ1v) is 7.37. The maximum absolute atomic E-state index is 10.8. The zero-order chi connectivity index (χ0) is 15.6. The van der Waals surface area contributed by atoms with Crippen molar-refractivity contribution >= 4 is 5.97 Å². The molecule has 114 valence electrons. The number of carbonyl (C=O) groups is 1. The summed E-state index contributed by atoms with van der Waals surface area (Å²) in [6.45, 7) is 4.36. The predicted octanol–water partition coefficient (Wildman–Crippen LogP) is 4.24. The normalized spacial score (nSPS) is 10.0. The number of ether oxygens (including phenoxy) is 2. The van der Waals surface area contributed by atoms with Crippen molar-refractivity contribution in [2.75, 3.05) is 13.2 Å². The van der Waals surface area contributed by atoms with Crippen LogP contribution in [0, 0.1) is 0 Å². The molecule has 0 saturated carbocycles. The third kappa shape index (κ3) is 5.09. The maximum atomic E-state index is 10.8. The average molecular weight is 296 g/mol. The lowest BCUT2D eigenvalue weighted by atomic mass is 10.1. The van der Waals surface area contributed by atoms with Gasteiger partial charge in [-0.15, -0.1) is 0 Å². The average Bonchev–Trinajstić information content (AvgIpc) is 2.59. The Labute approximate surface area is 131 Å². The number of rotatable bonds is 8. The van der Waals surface area contributed by atoms with Crippen LogP contribution >= 0.6 is 0 Å². The van der Waals surface area contributed by atoms with E-state index < -0.39 is 0 Å². The molecule has 0 aliphatic heterocycles. The molecule has 0 spiro atoms. The van der Waals surface area contributed by atoms with Crippen LogP contribution in [-0.4, -0.2) is 19.2 Å². The van der Waals surface area contributed by atoms with Gasteiger partial charge in [0, 0.05) is 6.08 Å². The van der Waals surface area contributed by atoms with Crippen LogP contribution < -0.4 is 4.74 Å². The Morgan fingerprint density at radius 2 is 1.55 bits per heavy atom. The lowest BCUT2D eigenvalue weighted by Gasteiger charge is -2.07. The van der Waals surface area contributed by atoms with Gasteiger partial charge < -0.3 is 9.47 Å². The highest BCUT2D eigenvalue weighted by atomic mass is 16.5. The van der Waals surface area contributed by atoms with Crippen molar-refractivity contribution in [1.29, 1.82) is 0 Å². The van der Waals surface area contributed by atoms with Gasteiger partial charge in [-0.25, -0.2) is 4.79 Å². The summed E-state index contributed by atoms with van der Waals surface area (Å²) in [7, 11) is 0. The first-order valence-electron chi connectivity index (χ1n) is 7.37. The van der Waals surface area contributed by atoms with Crippen molar-refractivity contribution in [3.8, 4) is 16.9 Å². The fraction of sp³-hybridized carbons (Fsp3) is 0.211. The molecule has 0 radical (unpaired) electrons. The van der Waals surface area contributed by atoms with Crippen LogP contribution in [0.25, 0.3) is 11.1 Å². The Morgan fingerprint density at radius 1 is 0.909 bits per heavy atom. The monoisotopic (exact) mass is 296 g/mol. The van der Waals surface area contributed by atoms with Gasteiger partial charge in [0.15, 0.2) is 0 Å². The van der Waals surface area contributed by atoms with Gasteiger partial charge in [-0.05, 0) is 36.1 Å². The molecule has 2 aromatic rings. The summed E-state index contributed by atoms with van der Waals surface area (Å²) in [5.41, 5.74) is 2.36. The van der Waals surface area contributed by atoms with Crippen LogP contribution in [0.3, 0.4) is 0 Å². The van der Waals surface area contributed by atoms with Crippen LogP contribution in [0.5, 0.6) is 5.75 Å². The highest BCUT2D eigenvalue weighted by molar-refractivity contribution is 5.81. The molecule has 22 heavy (non-hydrogen) atoms. The standard InChI is InChI=1S/C19H20O3/c1-2-19(20)22-15-7-6-14-21-18-12-10-17(11-13-18)16-8-4-3-5-9-16/h2-5,8-13H,1,6-7,14-15H2. The van der Waals surface area contributed by atoms with E-state index in [4.69, 9.17) is 9.47 Å².